The summed E-state index contributed by atoms with van der Waals surface area (Å²) < 4.78 is 10.9. The fraction of sp³-hybridized carbons (Fsp3) is 0.714. The number of rotatable bonds is 12. The minimum atomic E-state index is -0.642. The Morgan fingerprint density at radius 2 is 1.97 bits per heavy atom. The first-order valence-corrected chi connectivity index (χ1v) is 14.4. The Hall–Kier alpha value is -2.07. The quantitative estimate of drug-likeness (QED) is 0.291. The lowest BCUT2D eigenvalue weighted by atomic mass is 9.83. The molecule has 1 saturated carbocycles. The summed E-state index contributed by atoms with van der Waals surface area (Å²) in [5.74, 6) is 0.596. The van der Waals surface area contributed by atoms with Crippen molar-refractivity contribution in [3.05, 3.63) is 34.9 Å². The molecule has 3 amide bonds. The van der Waals surface area contributed by atoms with Gasteiger partial charge >= 0.3 is 12.1 Å². The number of nitrogens with one attached hydrogen (secondary N) is 3. The molecule has 10 heteroatoms. The molecular formula is C28H45ClN4O5. The predicted molar refractivity (Wildman–Crippen MR) is 148 cm³/mol. The second kappa shape index (κ2) is 16.1. The van der Waals surface area contributed by atoms with Crippen LogP contribution in [-0.4, -0.2) is 81.2 Å². The third kappa shape index (κ3) is 9.59. The molecule has 0 spiro atoms. The average Bonchev–Trinajstić information content (AvgIpc) is 2.93. The molecule has 4 N–H and O–H groups in total. The Morgan fingerprint density at radius 1 is 1.18 bits per heavy atom. The number of carbonyl (C=O) groups is 2. The molecule has 0 aromatic heterocycles. The van der Waals surface area contributed by atoms with Gasteiger partial charge in [-0.05, 0) is 49.9 Å². The molecule has 0 radical (unpaired) electrons. The molecule has 3 rings (SSSR count). The van der Waals surface area contributed by atoms with E-state index in [1.807, 2.05) is 36.2 Å². The normalized spacial score (nSPS) is 20.8. The maximum Gasteiger partial charge on any atom is 0.406 e. The highest BCUT2D eigenvalue weighted by Gasteiger charge is 2.33. The monoisotopic (exact) mass is 552 g/mol. The summed E-state index contributed by atoms with van der Waals surface area (Å²) in [7, 11) is 3.14. The van der Waals surface area contributed by atoms with Crippen LogP contribution in [0.2, 0.25) is 5.02 Å². The number of methoxy groups -OCH3 is 1. The van der Waals surface area contributed by atoms with Crippen molar-refractivity contribution >= 4 is 23.7 Å². The van der Waals surface area contributed by atoms with Crippen molar-refractivity contribution in [1.29, 1.82) is 0 Å². The summed E-state index contributed by atoms with van der Waals surface area (Å²) in [4.78, 5) is 26.7. The number of urea groups is 1. The number of carbonyl (C=O) groups excluding carboxylic acids is 2. The summed E-state index contributed by atoms with van der Waals surface area (Å²) >= 11 is 6.29. The van der Waals surface area contributed by atoms with Crippen LogP contribution in [0.4, 0.5) is 9.59 Å². The van der Waals surface area contributed by atoms with E-state index in [9.17, 15) is 14.7 Å². The van der Waals surface area contributed by atoms with Crippen LogP contribution in [0.5, 0.6) is 0 Å². The van der Waals surface area contributed by atoms with Gasteiger partial charge in [-0.2, -0.15) is 0 Å². The van der Waals surface area contributed by atoms with E-state index in [1.54, 1.807) is 0 Å². The van der Waals surface area contributed by atoms with Crippen molar-refractivity contribution in [3.63, 3.8) is 0 Å². The lowest BCUT2D eigenvalue weighted by Crippen LogP contribution is -2.54. The minimum absolute atomic E-state index is 0.0603. The van der Waals surface area contributed by atoms with Gasteiger partial charge in [0, 0.05) is 37.1 Å². The van der Waals surface area contributed by atoms with Gasteiger partial charge in [0.05, 0.1) is 32.0 Å². The topological polar surface area (TPSA) is 112 Å². The van der Waals surface area contributed by atoms with Crippen LogP contribution in [0.15, 0.2) is 24.3 Å². The molecule has 1 unspecified atom stereocenters. The van der Waals surface area contributed by atoms with Crippen molar-refractivity contribution in [2.24, 2.45) is 11.8 Å². The van der Waals surface area contributed by atoms with Crippen molar-refractivity contribution in [2.45, 2.75) is 69.6 Å². The standard InChI is InChI=1S/C28H45ClN4O5/c1-30-18-25(34)24(16-20-8-4-3-5-9-20)32-27(35)33-14-7-11-22(19-33)26(21-10-6-12-23(29)17-21)38-15-13-31-28(36)37-2/h6,10,12,17,20,22,24-26,30,34H,3-5,7-9,11,13-16,18-19H2,1-2H3,(H,31,36)(H,32,35)/t22-,24+,25+,26?/m1/s1. The fourth-order valence-electron chi connectivity index (χ4n) is 5.74. The maximum absolute atomic E-state index is 13.4. The first-order valence-electron chi connectivity index (χ1n) is 14.0. The Balaban J connectivity index is 1.66. The van der Waals surface area contributed by atoms with Crippen molar-refractivity contribution < 1.29 is 24.2 Å². The minimum Gasteiger partial charge on any atom is -0.453 e. The van der Waals surface area contributed by atoms with Crippen LogP contribution in [0.1, 0.15) is 63.0 Å². The van der Waals surface area contributed by atoms with E-state index in [4.69, 9.17) is 16.3 Å². The lowest BCUT2D eigenvalue weighted by molar-refractivity contribution is -0.00905. The van der Waals surface area contributed by atoms with Gasteiger partial charge in [-0.1, -0.05) is 55.8 Å². The van der Waals surface area contributed by atoms with Crippen molar-refractivity contribution in [2.75, 3.05) is 46.9 Å². The van der Waals surface area contributed by atoms with Gasteiger partial charge < -0.3 is 35.4 Å². The molecule has 9 nitrogen and oxygen atoms in total. The van der Waals surface area contributed by atoms with Crippen LogP contribution in [0.25, 0.3) is 0 Å². The van der Waals surface area contributed by atoms with Crippen molar-refractivity contribution in [3.8, 4) is 0 Å². The lowest BCUT2D eigenvalue weighted by Gasteiger charge is -2.38. The zero-order valence-electron chi connectivity index (χ0n) is 22.8. The number of aliphatic hydroxyl groups excluding tert-OH is 1. The Morgan fingerprint density at radius 3 is 2.68 bits per heavy atom. The Kier molecular flexibility index (Phi) is 12.9. The molecule has 1 aromatic rings. The smallest absolute Gasteiger partial charge is 0.406 e. The van der Waals surface area contributed by atoms with E-state index in [0.717, 1.165) is 37.7 Å². The maximum atomic E-state index is 13.4. The highest BCUT2D eigenvalue weighted by Crippen LogP contribution is 2.34. The van der Waals surface area contributed by atoms with Crippen LogP contribution in [0, 0.1) is 11.8 Å². The molecule has 0 bridgehead atoms. The van der Waals surface area contributed by atoms with Crippen molar-refractivity contribution in [1.82, 2.24) is 20.9 Å². The number of halogens is 1. The molecule has 2 fully saturated rings. The van der Waals surface area contributed by atoms with Crippen LogP contribution in [0.3, 0.4) is 0 Å². The first kappa shape index (κ1) is 30.5. The molecule has 38 heavy (non-hydrogen) atoms. The van der Waals surface area contributed by atoms with E-state index in [0.29, 0.717) is 43.7 Å². The largest absolute Gasteiger partial charge is 0.453 e. The number of amides is 3. The number of likely N-dealkylation sites (tertiary alicyclic amines) is 1. The number of ether oxygens (including phenoxy) is 2. The molecule has 1 aliphatic heterocycles. The van der Waals surface area contributed by atoms with Crippen LogP contribution >= 0.6 is 11.6 Å². The SMILES string of the molecule is CNC[C@H](O)[C@H](CC1CCCCC1)NC(=O)N1CCC[C@@H](C(OCCNC(=O)OC)c2cccc(Cl)c2)C1. The van der Waals surface area contributed by atoms with Gasteiger partial charge in [0.25, 0.3) is 0 Å². The second-order valence-corrected chi connectivity index (χ2v) is 11.0. The van der Waals surface area contributed by atoms with Crippen LogP contribution in [-0.2, 0) is 9.47 Å². The average molecular weight is 553 g/mol. The number of alkyl carbamates (subject to hydrolysis) is 1. The molecule has 1 aromatic carbocycles. The second-order valence-electron chi connectivity index (χ2n) is 10.5. The first-order chi connectivity index (χ1) is 18.4. The third-order valence-corrected chi connectivity index (χ3v) is 7.94. The highest BCUT2D eigenvalue weighted by atomic mass is 35.5. The van der Waals surface area contributed by atoms with E-state index in [1.165, 1.54) is 26.4 Å². The summed E-state index contributed by atoms with van der Waals surface area (Å²) in [6.45, 7) is 2.24. The number of piperidine rings is 1. The van der Waals surface area contributed by atoms with E-state index >= 15 is 0 Å². The number of hydrogen-bond donors (Lipinski definition) is 4. The third-order valence-electron chi connectivity index (χ3n) is 7.70. The van der Waals surface area contributed by atoms with Gasteiger partial charge in [0.2, 0.25) is 0 Å². The Labute approximate surface area is 232 Å². The van der Waals surface area contributed by atoms with E-state index < -0.39 is 12.2 Å². The van der Waals surface area contributed by atoms with Gasteiger partial charge in [-0.15, -0.1) is 0 Å². The summed E-state index contributed by atoms with van der Waals surface area (Å²) in [6.07, 6.45) is 7.17. The van der Waals surface area contributed by atoms with Gasteiger partial charge in [0.15, 0.2) is 0 Å². The number of benzene rings is 1. The zero-order chi connectivity index (χ0) is 27.3. The number of nitrogens with zero attached hydrogens (tertiary/aromatic N) is 1. The fourth-order valence-corrected chi connectivity index (χ4v) is 5.93. The summed E-state index contributed by atoms with van der Waals surface area (Å²) in [5, 5.41) is 20.3. The van der Waals surface area contributed by atoms with Gasteiger partial charge in [-0.3, -0.25) is 0 Å². The Bertz CT molecular complexity index is 869. The van der Waals surface area contributed by atoms with Crippen LogP contribution < -0.4 is 16.0 Å². The molecule has 1 aliphatic carbocycles. The van der Waals surface area contributed by atoms with Gasteiger partial charge in [0.1, 0.15) is 0 Å². The number of hydrogen-bond acceptors (Lipinski definition) is 6. The van der Waals surface area contributed by atoms with Gasteiger partial charge in [-0.25, -0.2) is 9.59 Å². The zero-order valence-corrected chi connectivity index (χ0v) is 23.5. The summed E-state index contributed by atoms with van der Waals surface area (Å²) in [5.41, 5.74) is 0.947. The molecule has 4 atom stereocenters. The van der Waals surface area contributed by atoms with E-state index in [2.05, 4.69) is 20.7 Å². The highest BCUT2D eigenvalue weighted by molar-refractivity contribution is 6.30. The number of aliphatic hydroxyl groups is 1. The predicted octanol–water partition coefficient (Wildman–Crippen LogP) is 4.09. The molecule has 1 saturated heterocycles. The molecule has 1 heterocycles. The summed E-state index contributed by atoms with van der Waals surface area (Å²) in [6, 6.07) is 7.17. The molecule has 2 aliphatic rings. The molecule has 214 valence electrons. The van der Waals surface area contributed by atoms with E-state index in [-0.39, 0.29) is 24.1 Å². The number of likely N-dealkylation sites (N-methyl/N-ethyl adjacent to an activating group) is 1. The molecular weight excluding hydrogens is 508 g/mol.